The summed E-state index contributed by atoms with van der Waals surface area (Å²) < 4.78 is 6.64. The minimum absolute atomic E-state index is 0.144. The fourth-order valence-electron chi connectivity index (χ4n) is 2.37. The van der Waals surface area contributed by atoms with Crippen LogP contribution in [0.15, 0.2) is 29.3 Å². The summed E-state index contributed by atoms with van der Waals surface area (Å²) in [6.45, 7) is 5.61. The van der Waals surface area contributed by atoms with E-state index in [1.807, 2.05) is 23.8 Å². The van der Waals surface area contributed by atoms with Crippen LogP contribution in [0.4, 0.5) is 0 Å². The first-order chi connectivity index (χ1) is 12.1. The van der Waals surface area contributed by atoms with Gasteiger partial charge in [0.05, 0.1) is 13.2 Å². The van der Waals surface area contributed by atoms with Gasteiger partial charge in [0.25, 0.3) is 5.91 Å². The topological polar surface area (TPSA) is 86.3 Å². The number of hydrogen-bond donors (Lipinski definition) is 1. The van der Waals surface area contributed by atoms with Gasteiger partial charge in [0.2, 0.25) is 0 Å². The fraction of sp³-hybridized carbons (Fsp3) is 0.471. The summed E-state index contributed by atoms with van der Waals surface area (Å²) in [7, 11) is 0. The highest BCUT2D eigenvalue weighted by Gasteiger charge is 2.13. The lowest BCUT2D eigenvalue weighted by atomic mass is 10.3. The predicted molar refractivity (Wildman–Crippen MR) is 101 cm³/mol. The summed E-state index contributed by atoms with van der Waals surface area (Å²) in [4.78, 5) is 18.8. The molecule has 0 saturated carbocycles. The van der Waals surface area contributed by atoms with E-state index in [-0.39, 0.29) is 12.3 Å². The lowest BCUT2D eigenvalue weighted by Gasteiger charge is -2.26. The van der Waals surface area contributed by atoms with Gasteiger partial charge in [-0.1, -0.05) is 18.2 Å². The Morgan fingerprint density at radius 1 is 1.36 bits per heavy atom. The van der Waals surface area contributed by atoms with Crippen LogP contribution in [0.3, 0.4) is 0 Å². The van der Waals surface area contributed by atoms with Crippen molar-refractivity contribution in [3.8, 4) is 0 Å². The molecule has 0 radical (unpaired) electrons. The van der Waals surface area contributed by atoms with Crippen molar-refractivity contribution in [2.45, 2.75) is 13.3 Å². The maximum Gasteiger partial charge on any atom is 0.252 e. The molecule has 1 aromatic rings. The highest BCUT2D eigenvalue weighted by Crippen LogP contribution is 2.04. The summed E-state index contributed by atoms with van der Waals surface area (Å²) in [5.41, 5.74) is 6.72. The molecule has 25 heavy (non-hydrogen) atoms. The molecule has 0 amide bonds. The Bertz CT molecular complexity index is 660. The largest absolute Gasteiger partial charge is 0.401 e. The minimum atomic E-state index is -0.144. The zero-order valence-corrected chi connectivity index (χ0v) is 15.5. The van der Waals surface area contributed by atoms with Gasteiger partial charge >= 0.3 is 0 Å². The number of rotatable bonds is 7. The van der Waals surface area contributed by atoms with E-state index in [0.717, 1.165) is 26.3 Å². The van der Waals surface area contributed by atoms with E-state index in [1.165, 1.54) is 4.68 Å². The number of aryl methyl sites for hydroxylation is 1. The van der Waals surface area contributed by atoms with Crippen molar-refractivity contribution in [2.75, 3.05) is 39.1 Å². The molecule has 0 aromatic carbocycles. The van der Waals surface area contributed by atoms with Crippen LogP contribution < -0.4 is 5.73 Å². The van der Waals surface area contributed by atoms with E-state index in [9.17, 15) is 4.79 Å². The molecule has 1 aliphatic heterocycles. The number of carbonyl (C=O) groups is 1. The molecule has 0 aliphatic carbocycles. The van der Waals surface area contributed by atoms with Gasteiger partial charge in [-0.05, 0) is 24.7 Å². The van der Waals surface area contributed by atoms with Crippen molar-refractivity contribution < 1.29 is 9.53 Å². The van der Waals surface area contributed by atoms with Crippen LogP contribution in [-0.2, 0) is 4.74 Å². The highest BCUT2D eigenvalue weighted by molar-refractivity contribution is 8.01. The summed E-state index contributed by atoms with van der Waals surface area (Å²) in [6.07, 6.45) is 9.47. The maximum absolute atomic E-state index is 12.3. The number of allylic oxidation sites excluding steroid dienone is 3. The first-order valence-electron chi connectivity index (χ1n) is 8.17. The lowest BCUT2D eigenvalue weighted by Crippen LogP contribution is -2.38. The smallest absolute Gasteiger partial charge is 0.252 e. The molecule has 2 heterocycles. The zero-order chi connectivity index (χ0) is 18.1. The number of aromatic nitrogens is 3. The Labute approximate surface area is 152 Å². The number of nitrogens with two attached hydrogens (primary N) is 1. The van der Waals surface area contributed by atoms with Gasteiger partial charge in [-0.25, -0.2) is 4.98 Å². The second-order valence-corrected chi connectivity index (χ2v) is 6.36. The second-order valence-electron chi connectivity index (χ2n) is 5.62. The molecule has 1 fully saturated rings. The van der Waals surface area contributed by atoms with Gasteiger partial charge < -0.3 is 10.5 Å². The third-order valence-electron chi connectivity index (χ3n) is 3.64. The van der Waals surface area contributed by atoms with Gasteiger partial charge in [0.1, 0.15) is 5.82 Å². The number of morpholine rings is 1. The highest BCUT2D eigenvalue weighted by atomic mass is 32.2. The van der Waals surface area contributed by atoms with E-state index in [2.05, 4.69) is 15.0 Å². The molecule has 0 bridgehead atoms. The van der Waals surface area contributed by atoms with Crippen molar-refractivity contribution in [3.05, 3.63) is 41.0 Å². The predicted octanol–water partition coefficient (Wildman–Crippen LogP) is 1.68. The van der Waals surface area contributed by atoms with E-state index < -0.39 is 0 Å². The molecule has 0 spiro atoms. The van der Waals surface area contributed by atoms with Crippen LogP contribution >= 0.6 is 11.8 Å². The third-order valence-corrected chi connectivity index (χ3v) is 4.07. The normalized spacial score (nSPS) is 17.0. The summed E-state index contributed by atoms with van der Waals surface area (Å²) in [6, 6.07) is 0. The van der Waals surface area contributed by atoms with Crippen molar-refractivity contribution >= 4 is 23.7 Å². The SMILES string of the molecule is CS/C=C\C=C\c1nc(C)n(C(=O)C/C=C(\N)CN2CCOCC2)n1. The van der Waals surface area contributed by atoms with Gasteiger partial charge in [-0.15, -0.1) is 16.9 Å². The minimum Gasteiger partial charge on any atom is -0.401 e. The molecule has 136 valence electrons. The fourth-order valence-corrected chi connectivity index (χ4v) is 2.62. The molecular weight excluding hydrogens is 338 g/mol. The molecule has 2 rings (SSSR count). The summed E-state index contributed by atoms with van der Waals surface area (Å²) >= 11 is 1.61. The Balaban J connectivity index is 1.91. The molecule has 2 N–H and O–H groups in total. The van der Waals surface area contributed by atoms with Gasteiger partial charge in [-0.3, -0.25) is 9.69 Å². The summed E-state index contributed by atoms with van der Waals surface area (Å²) in [5, 5.41) is 6.18. The van der Waals surface area contributed by atoms with Gasteiger partial charge in [0.15, 0.2) is 5.82 Å². The number of thioether (sulfide) groups is 1. The maximum atomic E-state index is 12.3. The standard InChI is InChI=1S/C17H25N5O2S/c1-14-19-16(5-3-4-12-25-2)20-22(14)17(23)7-6-15(18)13-21-8-10-24-11-9-21/h3-6,12H,7-11,13,18H2,1-2H3/b5-3+,12-4-,15-6-. The molecule has 7 nitrogen and oxygen atoms in total. The molecule has 1 aromatic heterocycles. The average Bonchev–Trinajstić information content (AvgIpc) is 2.98. The molecule has 1 aliphatic rings. The second kappa shape index (κ2) is 10.2. The monoisotopic (exact) mass is 363 g/mol. The molecule has 1 saturated heterocycles. The van der Waals surface area contributed by atoms with Crippen molar-refractivity contribution in [1.82, 2.24) is 19.7 Å². The van der Waals surface area contributed by atoms with Crippen LogP contribution in [0.2, 0.25) is 0 Å². The van der Waals surface area contributed by atoms with Crippen LogP contribution in [0, 0.1) is 6.92 Å². The lowest BCUT2D eigenvalue weighted by molar-refractivity contribution is 0.0421. The van der Waals surface area contributed by atoms with Gasteiger partial charge in [0, 0.05) is 31.8 Å². The van der Waals surface area contributed by atoms with Crippen LogP contribution in [-0.4, -0.2) is 64.7 Å². The van der Waals surface area contributed by atoms with E-state index in [4.69, 9.17) is 10.5 Å². The molecule has 0 atom stereocenters. The van der Waals surface area contributed by atoms with Crippen LogP contribution in [0.1, 0.15) is 22.9 Å². The molecule has 8 heteroatoms. The van der Waals surface area contributed by atoms with E-state index in [1.54, 1.807) is 30.8 Å². The Hall–Kier alpha value is -1.90. The first-order valence-corrected chi connectivity index (χ1v) is 9.46. The zero-order valence-electron chi connectivity index (χ0n) is 14.7. The van der Waals surface area contributed by atoms with Crippen molar-refractivity contribution in [1.29, 1.82) is 0 Å². The number of carbonyl (C=O) groups excluding carboxylic acids is 1. The molecule has 0 unspecified atom stereocenters. The van der Waals surface area contributed by atoms with E-state index >= 15 is 0 Å². The molecular formula is C17H25N5O2S. The van der Waals surface area contributed by atoms with Crippen molar-refractivity contribution in [2.24, 2.45) is 5.73 Å². The Morgan fingerprint density at radius 2 is 2.12 bits per heavy atom. The Kier molecular flexibility index (Phi) is 7.90. The van der Waals surface area contributed by atoms with Gasteiger partial charge in [-0.2, -0.15) is 4.68 Å². The number of hydrogen-bond acceptors (Lipinski definition) is 7. The quantitative estimate of drug-likeness (QED) is 0.738. The Morgan fingerprint density at radius 3 is 2.84 bits per heavy atom. The number of nitrogens with zero attached hydrogens (tertiary/aromatic N) is 4. The average molecular weight is 363 g/mol. The third kappa shape index (κ3) is 6.49. The summed E-state index contributed by atoms with van der Waals surface area (Å²) in [5.74, 6) is 0.940. The van der Waals surface area contributed by atoms with Crippen molar-refractivity contribution in [3.63, 3.8) is 0 Å². The number of ether oxygens (including phenoxy) is 1. The first kappa shape index (κ1) is 19.4. The van der Waals surface area contributed by atoms with Crippen LogP contribution in [0.5, 0.6) is 0 Å². The van der Waals surface area contributed by atoms with E-state index in [0.29, 0.717) is 23.9 Å². The van der Waals surface area contributed by atoms with Crippen LogP contribution in [0.25, 0.3) is 6.08 Å².